The van der Waals surface area contributed by atoms with Gasteiger partial charge in [0, 0.05) is 24.3 Å². The van der Waals surface area contributed by atoms with Crippen LogP contribution in [0.3, 0.4) is 0 Å². The number of alkyl halides is 3. The Morgan fingerprint density at radius 2 is 1.81 bits per heavy atom. The van der Waals surface area contributed by atoms with E-state index in [0.717, 1.165) is 4.90 Å². The summed E-state index contributed by atoms with van der Waals surface area (Å²) in [7, 11) is 0. The number of nitrogens with one attached hydrogen (secondary N) is 2. The summed E-state index contributed by atoms with van der Waals surface area (Å²) < 4.78 is 38.0. The molecule has 7 nitrogen and oxygen atoms in total. The minimum absolute atomic E-state index is 0.0486. The lowest BCUT2D eigenvalue weighted by atomic mass is 10.1. The molecule has 0 unspecified atom stereocenters. The highest BCUT2D eigenvalue weighted by Gasteiger charge is 2.35. The number of amides is 4. The molecule has 0 bridgehead atoms. The van der Waals surface area contributed by atoms with Crippen molar-refractivity contribution in [3.05, 3.63) is 63.3 Å². The Labute approximate surface area is 183 Å². The predicted molar refractivity (Wildman–Crippen MR) is 107 cm³/mol. The normalized spacial score (nSPS) is 16.0. The van der Waals surface area contributed by atoms with Crippen LogP contribution >= 0.6 is 23.2 Å². The van der Waals surface area contributed by atoms with Gasteiger partial charge >= 0.3 is 12.2 Å². The molecule has 2 aromatic rings. The molecule has 0 atom stereocenters. The topological polar surface area (TPSA) is 91.4 Å². The van der Waals surface area contributed by atoms with Gasteiger partial charge in [0.2, 0.25) is 0 Å². The zero-order chi connectivity index (χ0) is 22.8. The quantitative estimate of drug-likeness (QED) is 0.507. The molecule has 4 amide bonds. The van der Waals surface area contributed by atoms with E-state index in [1.807, 2.05) is 0 Å². The number of anilines is 1. The van der Waals surface area contributed by atoms with Crippen LogP contribution in [0.15, 0.2) is 42.1 Å². The van der Waals surface area contributed by atoms with E-state index in [4.69, 9.17) is 23.2 Å². The third-order valence-corrected chi connectivity index (χ3v) is 4.70. The number of aromatic nitrogens is 1. The number of nitrogens with zero attached hydrogens (tertiary/aromatic N) is 2. The molecule has 0 aliphatic carbocycles. The number of urea groups is 1. The standard InChI is InChI=1S/C19H13Cl2F3N4O3/c20-12-3-1-10(2-4-12)7-13-16(29)27-18(31)28(17(13)30)6-5-25-15-14(21)8-11(9-26-15)19(22,23)24/h1-4,7-9H,5-6H2,(H,25,26)(H,27,29,31). The van der Waals surface area contributed by atoms with Gasteiger partial charge in [-0.1, -0.05) is 35.3 Å². The maximum Gasteiger partial charge on any atom is 0.417 e. The van der Waals surface area contributed by atoms with Crippen molar-refractivity contribution in [3.8, 4) is 0 Å². The first kappa shape index (κ1) is 22.6. The molecule has 0 radical (unpaired) electrons. The molecule has 1 aliphatic heterocycles. The van der Waals surface area contributed by atoms with Crippen LogP contribution < -0.4 is 10.6 Å². The summed E-state index contributed by atoms with van der Waals surface area (Å²) in [4.78, 5) is 41.2. The van der Waals surface area contributed by atoms with Crippen LogP contribution in [0, 0.1) is 0 Å². The van der Waals surface area contributed by atoms with E-state index in [-0.39, 0.29) is 29.5 Å². The Bertz CT molecular complexity index is 1070. The fraction of sp³-hybridized carbons (Fsp3) is 0.158. The van der Waals surface area contributed by atoms with Gasteiger partial charge in [-0.15, -0.1) is 0 Å². The van der Waals surface area contributed by atoms with Gasteiger partial charge in [0.05, 0.1) is 10.6 Å². The number of hydrogen-bond donors (Lipinski definition) is 2. The van der Waals surface area contributed by atoms with Crippen LogP contribution in [-0.4, -0.2) is 40.8 Å². The van der Waals surface area contributed by atoms with Crippen molar-refractivity contribution in [2.45, 2.75) is 6.18 Å². The molecule has 162 valence electrons. The van der Waals surface area contributed by atoms with Crippen molar-refractivity contribution >= 4 is 52.9 Å². The number of halogens is 5. The van der Waals surface area contributed by atoms with Crippen LogP contribution in [0.5, 0.6) is 0 Å². The van der Waals surface area contributed by atoms with Gasteiger partial charge < -0.3 is 5.32 Å². The highest BCUT2D eigenvalue weighted by Crippen LogP contribution is 2.32. The maximum absolute atomic E-state index is 12.7. The lowest BCUT2D eigenvalue weighted by molar-refractivity contribution is -0.138. The van der Waals surface area contributed by atoms with E-state index in [0.29, 0.717) is 22.8 Å². The van der Waals surface area contributed by atoms with Gasteiger partial charge in [0.15, 0.2) is 0 Å². The summed E-state index contributed by atoms with van der Waals surface area (Å²) in [5.41, 5.74) is -0.743. The maximum atomic E-state index is 12.7. The Hall–Kier alpha value is -3.11. The van der Waals surface area contributed by atoms with E-state index in [1.54, 1.807) is 24.3 Å². The van der Waals surface area contributed by atoms with Crippen LogP contribution in [0.1, 0.15) is 11.1 Å². The van der Waals surface area contributed by atoms with Crippen molar-refractivity contribution < 1.29 is 27.6 Å². The molecular formula is C19H13Cl2F3N4O3. The first-order valence-electron chi connectivity index (χ1n) is 8.67. The second-order valence-electron chi connectivity index (χ2n) is 6.30. The average molecular weight is 473 g/mol. The molecule has 2 heterocycles. The summed E-state index contributed by atoms with van der Waals surface area (Å²) in [6, 6.07) is 6.13. The molecule has 12 heteroatoms. The number of benzene rings is 1. The Morgan fingerprint density at radius 1 is 1.13 bits per heavy atom. The third kappa shape index (κ3) is 5.33. The number of carbonyl (C=O) groups excluding carboxylic acids is 3. The molecule has 1 aromatic carbocycles. The fourth-order valence-corrected chi connectivity index (χ4v) is 2.99. The summed E-state index contributed by atoms with van der Waals surface area (Å²) >= 11 is 11.6. The number of rotatable bonds is 5. The Balaban J connectivity index is 1.69. The zero-order valence-corrected chi connectivity index (χ0v) is 17.0. The van der Waals surface area contributed by atoms with Crippen LogP contribution in [-0.2, 0) is 15.8 Å². The lowest BCUT2D eigenvalue weighted by Crippen LogP contribution is -2.55. The van der Waals surface area contributed by atoms with Crippen molar-refractivity contribution in [2.75, 3.05) is 18.4 Å². The highest BCUT2D eigenvalue weighted by atomic mass is 35.5. The Morgan fingerprint density at radius 3 is 2.42 bits per heavy atom. The minimum atomic E-state index is -4.59. The average Bonchev–Trinajstić information content (AvgIpc) is 2.69. The second-order valence-corrected chi connectivity index (χ2v) is 7.15. The molecule has 0 saturated carbocycles. The van der Waals surface area contributed by atoms with Gasteiger partial charge in [0.1, 0.15) is 11.4 Å². The van der Waals surface area contributed by atoms with Crippen LogP contribution in [0.25, 0.3) is 6.08 Å². The second kappa shape index (κ2) is 8.94. The molecule has 2 N–H and O–H groups in total. The monoisotopic (exact) mass is 472 g/mol. The van der Waals surface area contributed by atoms with Gasteiger partial charge in [-0.3, -0.25) is 19.8 Å². The number of barbiturate groups is 1. The predicted octanol–water partition coefficient (Wildman–Crippen LogP) is 3.98. The number of imide groups is 2. The molecule has 1 fully saturated rings. The third-order valence-electron chi connectivity index (χ3n) is 4.16. The van der Waals surface area contributed by atoms with Gasteiger partial charge in [-0.2, -0.15) is 13.2 Å². The van der Waals surface area contributed by atoms with Crippen LogP contribution in [0.2, 0.25) is 10.0 Å². The molecule has 3 rings (SSSR count). The summed E-state index contributed by atoms with van der Waals surface area (Å²) in [5, 5.41) is 4.92. The first-order chi connectivity index (χ1) is 14.6. The summed E-state index contributed by atoms with van der Waals surface area (Å²) in [5.74, 6) is -1.72. The molecule has 31 heavy (non-hydrogen) atoms. The molecule has 1 aliphatic rings. The van der Waals surface area contributed by atoms with Gasteiger partial charge in [-0.05, 0) is 29.8 Å². The summed E-state index contributed by atoms with van der Waals surface area (Å²) in [6.45, 7) is -0.269. The molecule has 1 aromatic heterocycles. The highest BCUT2D eigenvalue weighted by molar-refractivity contribution is 6.33. The van der Waals surface area contributed by atoms with E-state index < -0.39 is 29.6 Å². The van der Waals surface area contributed by atoms with Crippen molar-refractivity contribution in [3.63, 3.8) is 0 Å². The van der Waals surface area contributed by atoms with Crippen molar-refractivity contribution in [1.29, 1.82) is 0 Å². The largest absolute Gasteiger partial charge is 0.417 e. The Kier molecular flexibility index (Phi) is 6.51. The molecule has 1 saturated heterocycles. The smallest absolute Gasteiger partial charge is 0.367 e. The number of pyridine rings is 1. The first-order valence-corrected chi connectivity index (χ1v) is 9.43. The molecular weight excluding hydrogens is 460 g/mol. The van der Waals surface area contributed by atoms with Gasteiger partial charge in [0.25, 0.3) is 11.8 Å². The number of carbonyl (C=O) groups is 3. The SMILES string of the molecule is O=C1NC(=O)N(CCNc2ncc(C(F)(F)F)cc2Cl)C(=O)C1=Cc1ccc(Cl)cc1. The number of hydrogen-bond acceptors (Lipinski definition) is 5. The van der Waals surface area contributed by atoms with Crippen LogP contribution in [0.4, 0.5) is 23.8 Å². The van der Waals surface area contributed by atoms with Gasteiger partial charge in [-0.25, -0.2) is 9.78 Å². The van der Waals surface area contributed by atoms with Crippen molar-refractivity contribution in [1.82, 2.24) is 15.2 Å². The lowest BCUT2D eigenvalue weighted by Gasteiger charge is -2.26. The fourth-order valence-electron chi connectivity index (χ4n) is 2.63. The molecule has 0 spiro atoms. The summed E-state index contributed by atoms with van der Waals surface area (Å²) in [6.07, 6.45) is -2.67. The van der Waals surface area contributed by atoms with E-state index in [1.165, 1.54) is 6.08 Å². The zero-order valence-electron chi connectivity index (χ0n) is 15.5. The van der Waals surface area contributed by atoms with E-state index >= 15 is 0 Å². The van der Waals surface area contributed by atoms with E-state index in [2.05, 4.69) is 15.6 Å². The minimum Gasteiger partial charge on any atom is -0.367 e. The van der Waals surface area contributed by atoms with E-state index in [9.17, 15) is 27.6 Å². The van der Waals surface area contributed by atoms with Crippen molar-refractivity contribution in [2.24, 2.45) is 0 Å².